The average molecular weight is 340 g/mol. The summed E-state index contributed by atoms with van der Waals surface area (Å²) in [6.45, 7) is 4.31. The first-order valence-electron chi connectivity index (χ1n) is 9.10. The molecule has 7 heteroatoms. The van der Waals surface area contributed by atoms with Gasteiger partial charge < -0.3 is 10.2 Å². The van der Waals surface area contributed by atoms with Crippen LogP contribution in [0.1, 0.15) is 38.6 Å². The second-order valence-corrected chi connectivity index (χ2v) is 7.20. The van der Waals surface area contributed by atoms with Gasteiger partial charge in [-0.15, -0.1) is 5.10 Å². The lowest BCUT2D eigenvalue weighted by Gasteiger charge is -2.31. The van der Waals surface area contributed by atoms with Crippen LogP contribution in [0.3, 0.4) is 0 Å². The van der Waals surface area contributed by atoms with Gasteiger partial charge in [-0.1, -0.05) is 6.92 Å². The van der Waals surface area contributed by atoms with Gasteiger partial charge in [0, 0.05) is 24.3 Å². The molecule has 0 radical (unpaired) electrons. The second-order valence-electron chi connectivity index (χ2n) is 7.20. The largest absolute Gasteiger partial charge is 0.376 e. The fourth-order valence-corrected chi connectivity index (χ4v) is 3.39. The Morgan fingerprint density at radius 3 is 2.76 bits per heavy atom. The topological polar surface area (TPSA) is 75.9 Å². The number of benzene rings is 1. The summed E-state index contributed by atoms with van der Waals surface area (Å²) in [7, 11) is 0. The lowest BCUT2D eigenvalue weighted by atomic mass is 10.0. The maximum Gasteiger partial charge on any atom is 0.241 e. The van der Waals surface area contributed by atoms with Crippen LogP contribution in [0.25, 0.3) is 11.4 Å². The van der Waals surface area contributed by atoms with E-state index in [1.54, 1.807) is 0 Å². The number of aromatic nitrogens is 4. The van der Waals surface area contributed by atoms with E-state index in [2.05, 4.69) is 27.8 Å². The molecule has 132 valence electrons. The molecule has 2 aliphatic rings. The molecule has 7 nitrogen and oxygen atoms in total. The van der Waals surface area contributed by atoms with Gasteiger partial charge in [-0.25, -0.2) is 4.68 Å². The van der Waals surface area contributed by atoms with Gasteiger partial charge in [-0.2, -0.15) is 0 Å². The molecule has 4 rings (SSSR count). The van der Waals surface area contributed by atoms with Crippen molar-refractivity contribution in [3.05, 3.63) is 24.3 Å². The molecule has 1 atom stereocenters. The summed E-state index contributed by atoms with van der Waals surface area (Å²) in [4.78, 5) is 14.3. The third kappa shape index (κ3) is 3.65. The van der Waals surface area contributed by atoms with Gasteiger partial charge >= 0.3 is 0 Å². The molecule has 1 aliphatic heterocycles. The van der Waals surface area contributed by atoms with Crippen molar-refractivity contribution in [2.45, 2.75) is 38.6 Å². The number of piperidine rings is 1. The van der Waals surface area contributed by atoms with Crippen LogP contribution < -0.4 is 5.32 Å². The molecule has 1 N–H and O–H groups in total. The van der Waals surface area contributed by atoms with Crippen LogP contribution in [0.2, 0.25) is 0 Å². The minimum atomic E-state index is 0.174. The summed E-state index contributed by atoms with van der Waals surface area (Å²) in [5.74, 6) is 1.59. The summed E-state index contributed by atoms with van der Waals surface area (Å²) in [6.07, 6.45) is 4.63. The van der Waals surface area contributed by atoms with Crippen LogP contribution in [0.4, 0.5) is 5.69 Å². The van der Waals surface area contributed by atoms with Crippen molar-refractivity contribution in [3.8, 4) is 11.4 Å². The van der Waals surface area contributed by atoms with E-state index in [1.807, 2.05) is 33.8 Å². The Morgan fingerprint density at radius 1 is 1.24 bits per heavy atom. The summed E-state index contributed by atoms with van der Waals surface area (Å²) < 4.78 is 1.91. The summed E-state index contributed by atoms with van der Waals surface area (Å²) in [5, 5.41) is 15.3. The first-order chi connectivity index (χ1) is 12.2. The predicted molar refractivity (Wildman–Crippen MR) is 95.0 cm³/mol. The van der Waals surface area contributed by atoms with E-state index < -0.39 is 0 Å². The molecule has 0 bridgehead atoms. The molecule has 2 aromatic rings. The van der Waals surface area contributed by atoms with Gasteiger partial charge in [-0.05, 0) is 66.3 Å². The molecule has 1 saturated heterocycles. The third-order valence-corrected chi connectivity index (χ3v) is 4.98. The number of carbonyl (C=O) groups is 1. The quantitative estimate of drug-likeness (QED) is 0.904. The van der Waals surface area contributed by atoms with E-state index in [4.69, 9.17) is 0 Å². The van der Waals surface area contributed by atoms with Crippen molar-refractivity contribution >= 4 is 11.6 Å². The molecule has 2 heterocycles. The highest BCUT2D eigenvalue weighted by Gasteiger charge is 2.28. The first-order valence-corrected chi connectivity index (χ1v) is 9.10. The van der Waals surface area contributed by atoms with Gasteiger partial charge in [0.1, 0.15) is 0 Å². The van der Waals surface area contributed by atoms with Crippen LogP contribution >= 0.6 is 0 Å². The molecular formula is C18H24N6O. The van der Waals surface area contributed by atoms with Crippen molar-refractivity contribution < 1.29 is 4.79 Å². The number of rotatable bonds is 5. The van der Waals surface area contributed by atoms with Crippen molar-refractivity contribution in [1.29, 1.82) is 0 Å². The van der Waals surface area contributed by atoms with E-state index in [1.165, 1.54) is 6.42 Å². The van der Waals surface area contributed by atoms with E-state index in [0.717, 1.165) is 49.4 Å². The molecule has 25 heavy (non-hydrogen) atoms. The number of tetrazole rings is 1. The summed E-state index contributed by atoms with van der Waals surface area (Å²) >= 11 is 0. The van der Waals surface area contributed by atoms with Crippen molar-refractivity contribution in [2.75, 3.05) is 25.0 Å². The van der Waals surface area contributed by atoms with Gasteiger partial charge in [0.25, 0.3) is 0 Å². The van der Waals surface area contributed by atoms with Crippen molar-refractivity contribution in [3.63, 3.8) is 0 Å². The zero-order chi connectivity index (χ0) is 17.2. The third-order valence-electron chi connectivity index (χ3n) is 4.98. The minimum Gasteiger partial charge on any atom is -0.376 e. The minimum absolute atomic E-state index is 0.174. The van der Waals surface area contributed by atoms with Crippen LogP contribution in [0, 0.1) is 5.92 Å². The van der Waals surface area contributed by atoms with Crippen LogP contribution in [0.15, 0.2) is 24.3 Å². The second kappa shape index (κ2) is 6.82. The van der Waals surface area contributed by atoms with Crippen molar-refractivity contribution in [1.82, 2.24) is 25.1 Å². The standard InChI is InChI=1S/C18H24N6O/c1-13-3-2-10-23(12-13)17(25)11-19-15-6-4-14(5-7-15)18-20-21-22-24(18)16-8-9-16/h4-7,13,16,19H,2-3,8-12H2,1H3. The van der Waals surface area contributed by atoms with E-state index >= 15 is 0 Å². The van der Waals surface area contributed by atoms with Gasteiger partial charge in [-0.3, -0.25) is 4.79 Å². The Balaban J connectivity index is 1.36. The van der Waals surface area contributed by atoms with Crippen LogP contribution in [0.5, 0.6) is 0 Å². The van der Waals surface area contributed by atoms with E-state index in [9.17, 15) is 4.79 Å². The highest BCUT2D eigenvalue weighted by Crippen LogP contribution is 2.36. The summed E-state index contributed by atoms with van der Waals surface area (Å²) in [6, 6.07) is 8.41. The Morgan fingerprint density at radius 2 is 2.04 bits per heavy atom. The molecule has 0 spiro atoms. The predicted octanol–water partition coefficient (Wildman–Crippen LogP) is 2.35. The number of hydrogen-bond donors (Lipinski definition) is 1. The number of nitrogens with zero attached hydrogens (tertiary/aromatic N) is 5. The number of hydrogen-bond acceptors (Lipinski definition) is 5. The molecule has 1 amide bonds. The first kappa shape index (κ1) is 16.1. The van der Waals surface area contributed by atoms with Gasteiger partial charge in [0.15, 0.2) is 5.82 Å². The highest BCUT2D eigenvalue weighted by molar-refractivity contribution is 5.81. The molecule has 1 aliphatic carbocycles. The van der Waals surface area contributed by atoms with Crippen molar-refractivity contribution in [2.24, 2.45) is 5.92 Å². The lowest BCUT2D eigenvalue weighted by molar-refractivity contribution is -0.130. The SMILES string of the molecule is CC1CCCN(C(=O)CNc2ccc(-c3nnnn3C3CC3)cc2)C1. The monoisotopic (exact) mass is 340 g/mol. The summed E-state index contributed by atoms with van der Waals surface area (Å²) in [5.41, 5.74) is 1.94. The fraction of sp³-hybridized carbons (Fsp3) is 0.556. The fourth-order valence-electron chi connectivity index (χ4n) is 3.39. The van der Waals surface area contributed by atoms with E-state index in [0.29, 0.717) is 18.5 Å². The highest BCUT2D eigenvalue weighted by atomic mass is 16.2. The van der Waals surface area contributed by atoms with Crippen LogP contribution in [-0.4, -0.2) is 50.6 Å². The maximum atomic E-state index is 12.3. The number of anilines is 1. The lowest BCUT2D eigenvalue weighted by Crippen LogP contribution is -2.41. The van der Waals surface area contributed by atoms with Gasteiger partial charge in [0.2, 0.25) is 5.91 Å². The number of likely N-dealkylation sites (tertiary alicyclic amines) is 1. The Hall–Kier alpha value is -2.44. The Labute approximate surface area is 147 Å². The molecule has 2 fully saturated rings. The Bertz CT molecular complexity index is 736. The maximum absolute atomic E-state index is 12.3. The molecule has 1 aromatic carbocycles. The average Bonchev–Trinajstić information content (AvgIpc) is 3.37. The molecular weight excluding hydrogens is 316 g/mol. The smallest absolute Gasteiger partial charge is 0.241 e. The van der Waals surface area contributed by atoms with Gasteiger partial charge in [0.05, 0.1) is 12.6 Å². The number of carbonyl (C=O) groups excluding carboxylic acids is 1. The van der Waals surface area contributed by atoms with Crippen LogP contribution in [-0.2, 0) is 4.79 Å². The number of amides is 1. The molecule has 1 saturated carbocycles. The van der Waals surface area contributed by atoms with E-state index in [-0.39, 0.29) is 5.91 Å². The molecule has 1 aromatic heterocycles. The normalized spacial score (nSPS) is 20.5. The molecule has 1 unspecified atom stereocenters. The Kier molecular flexibility index (Phi) is 4.38. The zero-order valence-electron chi connectivity index (χ0n) is 14.6. The number of nitrogens with one attached hydrogen (secondary N) is 1. The zero-order valence-corrected chi connectivity index (χ0v) is 14.6.